The largest absolute Gasteiger partial charge is 0.350 e. The van der Waals surface area contributed by atoms with Crippen LogP contribution in [0, 0.1) is 6.92 Å². The number of likely N-dealkylation sites (tertiary alicyclic amines) is 1. The van der Waals surface area contributed by atoms with E-state index in [0.29, 0.717) is 23.7 Å². The fourth-order valence-corrected chi connectivity index (χ4v) is 5.61. The topological polar surface area (TPSA) is 86.8 Å². The number of rotatable bonds is 9. The Morgan fingerprint density at radius 3 is 2.36 bits per heavy atom. The van der Waals surface area contributed by atoms with Crippen LogP contribution < -0.4 is 9.62 Å². The molecule has 1 aliphatic heterocycles. The molecule has 1 fully saturated rings. The zero-order valence-electron chi connectivity index (χ0n) is 20.0. The molecule has 1 aliphatic rings. The minimum Gasteiger partial charge on any atom is -0.350 e. The number of nitrogens with zero attached hydrogens (tertiary/aromatic N) is 2. The van der Waals surface area contributed by atoms with Gasteiger partial charge in [0.15, 0.2) is 0 Å². The summed E-state index contributed by atoms with van der Waals surface area (Å²) in [6.45, 7) is 3.11. The number of anilines is 1. The summed E-state index contributed by atoms with van der Waals surface area (Å²) in [6, 6.07) is 20.6. The summed E-state index contributed by atoms with van der Waals surface area (Å²) in [5.74, 6) is -0.251. The zero-order valence-corrected chi connectivity index (χ0v) is 21.6. The highest BCUT2D eigenvalue weighted by molar-refractivity contribution is 7.92. The van der Waals surface area contributed by atoms with E-state index in [4.69, 9.17) is 11.6 Å². The predicted octanol–water partition coefficient (Wildman–Crippen LogP) is 4.28. The molecule has 0 unspecified atom stereocenters. The molecule has 0 bridgehead atoms. The summed E-state index contributed by atoms with van der Waals surface area (Å²) in [6.07, 6.45) is 1.51. The maximum atomic E-state index is 13.4. The van der Waals surface area contributed by atoms with E-state index in [-0.39, 0.29) is 23.9 Å². The molecule has 3 aromatic carbocycles. The second kappa shape index (κ2) is 11.1. The SMILES string of the molecule is Cc1cccc(N(CC(=O)NCc2ccc(CN3CCCC3=O)cc2)S(=O)(=O)c2ccc(Cl)cc2)c1. The quantitative estimate of drug-likeness (QED) is 0.451. The number of sulfonamides is 1. The van der Waals surface area contributed by atoms with Gasteiger partial charge < -0.3 is 10.2 Å². The molecule has 7 nitrogen and oxygen atoms in total. The average Bonchev–Trinajstić information content (AvgIpc) is 3.26. The lowest BCUT2D eigenvalue weighted by Gasteiger charge is -2.24. The average molecular weight is 526 g/mol. The first-order valence-corrected chi connectivity index (χ1v) is 13.5. The number of amides is 2. The van der Waals surface area contributed by atoms with E-state index >= 15 is 0 Å². The number of halogens is 1. The van der Waals surface area contributed by atoms with Gasteiger partial charge in [-0.2, -0.15) is 0 Å². The summed E-state index contributed by atoms with van der Waals surface area (Å²) in [4.78, 5) is 26.6. The fourth-order valence-electron chi connectivity index (χ4n) is 4.07. The van der Waals surface area contributed by atoms with E-state index < -0.39 is 15.9 Å². The van der Waals surface area contributed by atoms with Crippen molar-refractivity contribution in [2.24, 2.45) is 0 Å². The summed E-state index contributed by atoms with van der Waals surface area (Å²) < 4.78 is 28.0. The Morgan fingerprint density at radius 1 is 1.03 bits per heavy atom. The third kappa shape index (κ3) is 6.25. The number of hydrogen-bond acceptors (Lipinski definition) is 4. The Morgan fingerprint density at radius 2 is 1.72 bits per heavy atom. The summed E-state index contributed by atoms with van der Waals surface area (Å²) in [5.41, 5.74) is 3.18. The van der Waals surface area contributed by atoms with Crippen molar-refractivity contribution in [3.63, 3.8) is 0 Å². The molecular weight excluding hydrogens is 498 g/mol. The van der Waals surface area contributed by atoms with Crippen molar-refractivity contribution in [2.75, 3.05) is 17.4 Å². The minimum atomic E-state index is -4.01. The van der Waals surface area contributed by atoms with Gasteiger partial charge in [-0.3, -0.25) is 13.9 Å². The fraction of sp³-hybridized carbons (Fsp3) is 0.259. The molecule has 0 aliphatic carbocycles. The van der Waals surface area contributed by atoms with Crippen molar-refractivity contribution >= 4 is 39.1 Å². The molecule has 0 atom stereocenters. The summed E-state index contributed by atoms with van der Waals surface area (Å²) >= 11 is 5.93. The molecule has 0 aromatic heterocycles. The second-order valence-corrected chi connectivity index (χ2v) is 11.1. The van der Waals surface area contributed by atoms with Crippen LogP contribution in [0.1, 0.15) is 29.5 Å². The molecule has 1 N–H and O–H groups in total. The van der Waals surface area contributed by atoms with E-state index in [1.165, 1.54) is 24.3 Å². The van der Waals surface area contributed by atoms with Gasteiger partial charge in [0, 0.05) is 31.1 Å². The van der Waals surface area contributed by atoms with E-state index in [1.807, 2.05) is 42.2 Å². The lowest BCUT2D eigenvalue weighted by molar-refractivity contribution is -0.128. The minimum absolute atomic E-state index is 0.0493. The van der Waals surface area contributed by atoms with Crippen molar-refractivity contribution in [3.05, 3.63) is 94.5 Å². The standard InChI is InChI=1S/C27H28ClN3O4S/c1-20-4-2-5-24(16-20)31(36(34,35)25-13-11-23(28)12-14-25)19-26(32)29-17-21-7-9-22(10-8-21)18-30-15-3-6-27(30)33/h2,4-5,7-14,16H,3,6,15,17-19H2,1H3,(H,29,32). The van der Waals surface area contributed by atoms with Crippen molar-refractivity contribution in [1.29, 1.82) is 0 Å². The Bertz CT molecular complexity index is 1340. The van der Waals surface area contributed by atoms with Crippen molar-refractivity contribution in [3.8, 4) is 0 Å². The Balaban J connectivity index is 1.44. The van der Waals surface area contributed by atoms with Gasteiger partial charge >= 0.3 is 0 Å². The number of aryl methyl sites for hydroxylation is 1. The van der Waals surface area contributed by atoms with Crippen molar-refractivity contribution in [1.82, 2.24) is 10.2 Å². The van der Waals surface area contributed by atoms with Crippen LogP contribution in [0.5, 0.6) is 0 Å². The number of benzene rings is 3. The van der Waals surface area contributed by atoms with Crippen molar-refractivity contribution in [2.45, 2.75) is 37.8 Å². The van der Waals surface area contributed by atoms with Crippen LogP contribution >= 0.6 is 11.6 Å². The van der Waals surface area contributed by atoms with Crippen LogP contribution in [0.25, 0.3) is 0 Å². The molecular formula is C27H28ClN3O4S. The van der Waals surface area contributed by atoms with Crippen LogP contribution in [0.15, 0.2) is 77.7 Å². The van der Waals surface area contributed by atoms with Gasteiger partial charge in [-0.1, -0.05) is 48.0 Å². The van der Waals surface area contributed by atoms with Crippen LogP contribution in [0.4, 0.5) is 5.69 Å². The number of hydrogen-bond donors (Lipinski definition) is 1. The van der Waals surface area contributed by atoms with Gasteiger partial charge in [0.1, 0.15) is 6.54 Å². The van der Waals surface area contributed by atoms with Crippen LogP contribution in [0.3, 0.4) is 0 Å². The lowest BCUT2D eigenvalue weighted by Crippen LogP contribution is -2.40. The highest BCUT2D eigenvalue weighted by Crippen LogP contribution is 2.25. The molecule has 188 valence electrons. The molecule has 1 saturated heterocycles. The molecule has 36 heavy (non-hydrogen) atoms. The first-order chi connectivity index (χ1) is 17.2. The van der Waals surface area contributed by atoms with Gasteiger partial charge in [0.2, 0.25) is 11.8 Å². The highest BCUT2D eigenvalue weighted by atomic mass is 35.5. The van der Waals surface area contributed by atoms with Crippen LogP contribution in [-0.4, -0.2) is 38.2 Å². The van der Waals surface area contributed by atoms with Gasteiger partial charge in [0.25, 0.3) is 10.0 Å². The van der Waals surface area contributed by atoms with Crippen LogP contribution in [-0.2, 0) is 32.7 Å². The maximum Gasteiger partial charge on any atom is 0.264 e. The molecule has 1 heterocycles. The first-order valence-electron chi connectivity index (χ1n) is 11.7. The number of nitrogens with one attached hydrogen (secondary N) is 1. The van der Waals surface area contributed by atoms with Crippen LogP contribution in [0.2, 0.25) is 5.02 Å². The lowest BCUT2D eigenvalue weighted by atomic mass is 10.1. The highest BCUT2D eigenvalue weighted by Gasteiger charge is 2.27. The number of carbonyl (C=O) groups excluding carboxylic acids is 2. The van der Waals surface area contributed by atoms with Gasteiger partial charge in [-0.05, 0) is 66.4 Å². The molecule has 3 aromatic rings. The van der Waals surface area contributed by atoms with E-state index in [0.717, 1.165) is 34.0 Å². The molecule has 0 saturated carbocycles. The van der Waals surface area contributed by atoms with E-state index in [2.05, 4.69) is 5.32 Å². The van der Waals surface area contributed by atoms with E-state index in [1.54, 1.807) is 18.2 Å². The molecule has 0 spiro atoms. The van der Waals surface area contributed by atoms with Gasteiger partial charge in [0.05, 0.1) is 10.6 Å². The summed E-state index contributed by atoms with van der Waals surface area (Å²) in [7, 11) is -4.01. The van der Waals surface area contributed by atoms with Crippen molar-refractivity contribution < 1.29 is 18.0 Å². The predicted molar refractivity (Wildman–Crippen MR) is 140 cm³/mol. The Labute approximate surface area is 216 Å². The normalized spacial score (nSPS) is 13.6. The molecule has 0 radical (unpaired) electrons. The Kier molecular flexibility index (Phi) is 7.96. The van der Waals surface area contributed by atoms with Gasteiger partial charge in [-0.25, -0.2) is 8.42 Å². The summed E-state index contributed by atoms with van der Waals surface area (Å²) in [5, 5.41) is 3.24. The second-order valence-electron chi connectivity index (χ2n) is 8.82. The number of carbonyl (C=O) groups is 2. The molecule has 2 amide bonds. The Hall–Kier alpha value is -3.36. The third-order valence-electron chi connectivity index (χ3n) is 6.04. The smallest absolute Gasteiger partial charge is 0.264 e. The van der Waals surface area contributed by atoms with E-state index in [9.17, 15) is 18.0 Å². The molecule has 9 heteroatoms. The monoisotopic (exact) mass is 525 g/mol. The molecule has 4 rings (SSSR count). The zero-order chi connectivity index (χ0) is 25.7. The first kappa shape index (κ1) is 25.7. The maximum absolute atomic E-state index is 13.4. The third-order valence-corrected chi connectivity index (χ3v) is 8.08. The van der Waals surface area contributed by atoms with Gasteiger partial charge in [-0.15, -0.1) is 0 Å².